The molecule has 0 spiro atoms. The third kappa shape index (κ3) is 2.78. The van der Waals surface area contributed by atoms with Gasteiger partial charge in [-0.2, -0.15) is 4.98 Å². The molecule has 0 radical (unpaired) electrons. The number of hydrogen-bond donors (Lipinski definition) is 1. The summed E-state index contributed by atoms with van der Waals surface area (Å²) in [5.74, 6) is 1.83. The summed E-state index contributed by atoms with van der Waals surface area (Å²) in [5.41, 5.74) is 6.75. The molecule has 1 saturated carbocycles. The molecule has 1 aliphatic rings. The summed E-state index contributed by atoms with van der Waals surface area (Å²) in [6, 6.07) is 7.69. The Hall–Kier alpha value is -1.88. The first-order valence-corrected chi connectivity index (χ1v) is 7.48. The first-order valence-electron chi connectivity index (χ1n) is 7.48. The zero-order chi connectivity index (χ0) is 14.9. The number of aromatic nitrogens is 2. The van der Waals surface area contributed by atoms with Crippen LogP contribution in [0.4, 0.5) is 0 Å². The molecule has 0 saturated heterocycles. The average molecular weight is 287 g/mol. The number of nitrogens with zero attached hydrogens (tertiary/aromatic N) is 2. The zero-order valence-corrected chi connectivity index (χ0v) is 12.5. The van der Waals surface area contributed by atoms with Crippen molar-refractivity contribution in [2.24, 2.45) is 5.73 Å². The summed E-state index contributed by atoms with van der Waals surface area (Å²) in [6.45, 7) is 3.98. The van der Waals surface area contributed by atoms with Crippen LogP contribution in [0.3, 0.4) is 0 Å². The topological polar surface area (TPSA) is 74.2 Å². The van der Waals surface area contributed by atoms with Crippen LogP contribution in [0, 0.1) is 0 Å². The van der Waals surface area contributed by atoms with Gasteiger partial charge in [0.1, 0.15) is 5.75 Å². The van der Waals surface area contributed by atoms with Gasteiger partial charge in [0.2, 0.25) is 0 Å². The van der Waals surface area contributed by atoms with Gasteiger partial charge in [0.05, 0.1) is 17.2 Å². The van der Waals surface area contributed by atoms with E-state index in [1.807, 2.05) is 38.1 Å². The Bertz CT molecular complexity index is 615. The Labute approximate surface area is 124 Å². The van der Waals surface area contributed by atoms with Crippen LogP contribution >= 0.6 is 0 Å². The van der Waals surface area contributed by atoms with Crippen molar-refractivity contribution in [1.82, 2.24) is 10.1 Å². The third-order valence-corrected chi connectivity index (χ3v) is 3.85. The Morgan fingerprint density at radius 3 is 2.67 bits per heavy atom. The normalized spacial score (nSPS) is 17.3. The Morgan fingerprint density at radius 2 is 1.95 bits per heavy atom. The molecule has 5 nitrogen and oxygen atoms in total. The molecule has 1 aromatic heterocycles. The molecule has 1 aliphatic carbocycles. The first-order chi connectivity index (χ1) is 10.1. The molecule has 112 valence electrons. The molecule has 3 rings (SSSR count). The second-order valence-corrected chi connectivity index (χ2v) is 5.95. The molecule has 0 atom stereocenters. The van der Waals surface area contributed by atoms with E-state index in [-0.39, 0.29) is 6.10 Å². The number of benzene rings is 1. The average Bonchev–Trinajstić information content (AvgIpc) is 3.08. The molecule has 0 aliphatic heterocycles. The van der Waals surface area contributed by atoms with Crippen LogP contribution in [0.1, 0.15) is 45.4 Å². The predicted octanol–water partition coefficient (Wildman–Crippen LogP) is 3.25. The highest BCUT2D eigenvalue weighted by Gasteiger charge is 2.36. The fourth-order valence-electron chi connectivity index (χ4n) is 2.76. The lowest BCUT2D eigenvalue weighted by atomic mass is 9.99. The van der Waals surface area contributed by atoms with Crippen molar-refractivity contribution in [3.8, 4) is 17.2 Å². The van der Waals surface area contributed by atoms with E-state index in [0.29, 0.717) is 11.7 Å². The van der Waals surface area contributed by atoms with Crippen molar-refractivity contribution in [1.29, 1.82) is 0 Å². The number of para-hydroxylation sites is 1. The monoisotopic (exact) mass is 287 g/mol. The van der Waals surface area contributed by atoms with E-state index in [9.17, 15) is 0 Å². The van der Waals surface area contributed by atoms with E-state index in [4.69, 9.17) is 15.0 Å². The van der Waals surface area contributed by atoms with Crippen LogP contribution in [0.25, 0.3) is 11.5 Å². The van der Waals surface area contributed by atoms with Gasteiger partial charge in [0.25, 0.3) is 5.89 Å². The highest BCUT2D eigenvalue weighted by atomic mass is 16.5. The Kier molecular flexibility index (Phi) is 3.68. The van der Waals surface area contributed by atoms with Gasteiger partial charge >= 0.3 is 0 Å². The van der Waals surface area contributed by atoms with Gasteiger partial charge in [-0.15, -0.1) is 0 Å². The van der Waals surface area contributed by atoms with E-state index in [2.05, 4.69) is 10.1 Å². The van der Waals surface area contributed by atoms with E-state index in [1.165, 1.54) is 0 Å². The lowest BCUT2D eigenvalue weighted by Crippen LogP contribution is -2.34. The van der Waals surface area contributed by atoms with Crippen molar-refractivity contribution < 1.29 is 9.26 Å². The minimum atomic E-state index is -0.435. The van der Waals surface area contributed by atoms with Gasteiger partial charge in [-0.05, 0) is 38.8 Å². The quantitative estimate of drug-likeness (QED) is 0.934. The van der Waals surface area contributed by atoms with E-state index < -0.39 is 5.54 Å². The molecule has 1 heterocycles. The fourth-order valence-corrected chi connectivity index (χ4v) is 2.76. The number of rotatable bonds is 4. The lowest BCUT2D eigenvalue weighted by molar-refractivity contribution is 0.242. The lowest BCUT2D eigenvalue weighted by Gasteiger charge is -2.17. The summed E-state index contributed by atoms with van der Waals surface area (Å²) in [6.07, 6.45) is 4.15. The summed E-state index contributed by atoms with van der Waals surface area (Å²) >= 11 is 0. The summed E-state index contributed by atoms with van der Waals surface area (Å²) < 4.78 is 11.2. The second kappa shape index (κ2) is 5.48. The van der Waals surface area contributed by atoms with Crippen molar-refractivity contribution in [2.45, 2.75) is 51.2 Å². The largest absolute Gasteiger partial charge is 0.490 e. The van der Waals surface area contributed by atoms with Crippen LogP contribution in [-0.2, 0) is 5.54 Å². The molecule has 5 heteroatoms. The first kappa shape index (κ1) is 14.1. The zero-order valence-electron chi connectivity index (χ0n) is 12.5. The number of nitrogens with two attached hydrogens (primary N) is 1. The van der Waals surface area contributed by atoms with Gasteiger partial charge in [-0.25, -0.2) is 0 Å². The molecule has 0 bridgehead atoms. The second-order valence-electron chi connectivity index (χ2n) is 5.95. The van der Waals surface area contributed by atoms with Crippen LogP contribution in [0.15, 0.2) is 28.8 Å². The molecule has 0 unspecified atom stereocenters. The Morgan fingerprint density at radius 1 is 1.24 bits per heavy atom. The number of hydrogen-bond acceptors (Lipinski definition) is 5. The molecule has 21 heavy (non-hydrogen) atoms. The molecule has 2 aromatic rings. The van der Waals surface area contributed by atoms with Gasteiger partial charge in [-0.3, -0.25) is 0 Å². The van der Waals surface area contributed by atoms with Gasteiger partial charge in [0.15, 0.2) is 5.82 Å². The highest BCUT2D eigenvalue weighted by molar-refractivity contribution is 5.62. The highest BCUT2D eigenvalue weighted by Crippen LogP contribution is 2.36. The SMILES string of the molecule is CC(C)Oc1ccccc1-c1nc(C2(N)CCCC2)no1. The van der Waals surface area contributed by atoms with Crippen molar-refractivity contribution in [3.63, 3.8) is 0 Å². The minimum Gasteiger partial charge on any atom is -0.490 e. The van der Waals surface area contributed by atoms with Crippen LogP contribution in [0.2, 0.25) is 0 Å². The minimum absolute atomic E-state index is 0.0872. The molecule has 1 fully saturated rings. The molecular weight excluding hydrogens is 266 g/mol. The van der Waals surface area contributed by atoms with Crippen molar-refractivity contribution >= 4 is 0 Å². The smallest absolute Gasteiger partial charge is 0.261 e. The molecule has 2 N–H and O–H groups in total. The van der Waals surface area contributed by atoms with Crippen molar-refractivity contribution in [3.05, 3.63) is 30.1 Å². The van der Waals surface area contributed by atoms with E-state index in [0.717, 1.165) is 37.0 Å². The molecular formula is C16H21N3O2. The maximum absolute atomic E-state index is 6.37. The van der Waals surface area contributed by atoms with Gasteiger partial charge in [0, 0.05) is 0 Å². The van der Waals surface area contributed by atoms with Gasteiger partial charge < -0.3 is 15.0 Å². The standard InChI is InChI=1S/C16H21N3O2/c1-11(2)20-13-8-4-3-7-12(13)14-18-15(19-21-14)16(17)9-5-6-10-16/h3-4,7-8,11H,5-6,9-10,17H2,1-2H3. The predicted molar refractivity (Wildman–Crippen MR) is 79.8 cm³/mol. The summed E-state index contributed by atoms with van der Waals surface area (Å²) in [7, 11) is 0. The molecule has 0 amide bonds. The summed E-state index contributed by atoms with van der Waals surface area (Å²) in [5, 5.41) is 4.10. The Balaban J connectivity index is 1.93. The van der Waals surface area contributed by atoms with Crippen LogP contribution in [-0.4, -0.2) is 16.2 Å². The van der Waals surface area contributed by atoms with Crippen LogP contribution < -0.4 is 10.5 Å². The van der Waals surface area contributed by atoms with Crippen molar-refractivity contribution in [2.75, 3.05) is 0 Å². The maximum Gasteiger partial charge on any atom is 0.261 e. The molecule has 1 aromatic carbocycles. The maximum atomic E-state index is 6.37. The summed E-state index contributed by atoms with van der Waals surface area (Å²) in [4.78, 5) is 4.52. The fraction of sp³-hybridized carbons (Fsp3) is 0.500. The van der Waals surface area contributed by atoms with E-state index >= 15 is 0 Å². The van der Waals surface area contributed by atoms with Gasteiger partial charge in [-0.1, -0.05) is 30.1 Å². The van der Waals surface area contributed by atoms with Crippen LogP contribution in [0.5, 0.6) is 5.75 Å². The number of ether oxygens (including phenoxy) is 1. The third-order valence-electron chi connectivity index (χ3n) is 3.85. The van der Waals surface area contributed by atoms with E-state index in [1.54, 1.807) is 0 Å².